The van der Waals surface area contributed by atoms with Gasteiger partial charge in [0.1, 0.15) is 10.7 Å². The van der Waals surface area contributed by atoms with Gasteiger partial charge < -0.3 is 4.74 Å². The van der Waals surface area contributed by atoms with Crippen LogP contribution < -0.4 is 10.2 Å². The van der Waals surface area contributed by atoms with Crippen LogP contribution in [0.4, 0.5) is 0 Å². The smallest absolute Gasteiger partial charge is 0.128 e. The maximum atomic E-state index is 6.06. The Morgan fingerprint density at radius 1 is 1.12 bits per heavy atom. The quantitative estimate of drug-likeness (QED) is 0.577. The Balaban J connectivity index is 1.62. The van der Waals surface area contributed by atoms with Crippen molar-refractivity contribution >= 4 is 22.9 Å². The Morgan fingerprint density at radius 2 is 1.92 bits per heavy atom. The maximum Gasteiger partial charge on any atom is 0.128 e. The normalized spacial score (nSPS) is 13.5. The van der Waals surface area contributed by atoms with Crippen molar-refractivity contribution in [2.45, 2.75) is 33.1 Å². The lowest BCUT2D eigenvalue weighted by Crippen LogP contribution is -2.10. The number of thiocarbonyl (C=S) groups is 1. The van der Waals surface area contributed by atoms with Gasteiger partial charge in [-0.05, 0) is 41.7 Å². The highest BCUT2D eigenvalue weighted by Gasteiger charge is 2.17. The van der Waals surface area contributed by atoms with Crippen molar-refractivity contribution in [2.24, 2.45) is 5.10 Å². The third-order valence-electron chi connectivity index (χ3n) is 4.59. The Morgan fingerprint density at radius 3 is 2.65 bits per heavy atom. The summed E-state index contributed by atoms with van der Waals surface area (Å²) in [4.78, 5) is 0.609. The first-order valence-electron chi connectivity index (χ1n) is 8.93. The summed E-state index contributed by atoms with van der Waals surface area (Å²) < 4.78 is 6.06. The predicted octanol–water partition coefficient (Wildman–Crippen LogP) is 4.56. The number of rotatable bonds is 7. The molecule has 3 rings (SSSR count). The molecule has 0 aromatic heterocycles. The number of nitrogens with one attached hydrogen (secondary N) is 1. The van der Waals surface area contributed by atoms with Crippen LogP contribution in [-0.2, 0) is 19.3 Å². The van der Waals surface area contributed by atoms with E-state index in [2.05, 4.69) is 73.4 Å². The second-order valence-corrected chi connectivity index (χ2v) is 6.93. The van der Waals surface area contributed by atoms with E-state index in [0.717, 1.165) is 41.0 Å². The van der Waals surface area contributed by atoms with Crippen LogP contribution in [0.1, 0.15) is 29.2 Å². The van der Waals surface area contributed by atoms with E-state index in [4.69, 9.17) is 17.0 Å². The molecule has 2 aromatic carbocycles. The monoisotopic (exact) mass is 364 g/mol. The molecule has 0 unspecified atom stereocenters. The van der Waals surface area contributed by atoms with E-state index in [0.29, 0.717) is 18.0 Å². The number of benzene rings is 2. The molecular formula is C22H24N2OS. The summed E-state index contributed by atoms with van der Waals surface area (Å²) in [5, 5.41) is 4.25. The summed E-state index contributed by atoms with van der Waals surface area (Å²) in [5.74, 6) is 0.925. The molecule has 0 radical (unpaired) electrons. The van der Waals surface area contributed by atoms with Crippen molar-refractivity contribution in [3.05, 3.63) is 76.9 Å². The molecule has 0 bridgehead atoms. The number of hydrogen-bond donors (Lipinski definition) is 1. The summed E-state index contributed by atoms with van der Waals surface area (Å²) in [6.45, 7) is 8.89. The van der Waals surface area contributed by atoms with Gasteiger partial charge >= 0.3 is 0 Å². The Kier molecular flexibility index (Phi) is 5.84. The molecule has 0 fully saturated rings. The highest BCUT2D eigenvalue weighted by atomic mass is 32.1. The van der Waals surface area contributed by atoms with Gasteiger partial charge in [0.15, 0.2) is 0 Å². The molecule has 2 aromatic rings. The fraction of sp³-hybridized carbons (Fsp3) is 0.273. The summed E-state index contributed by atoms with van der Waals surface area (Å²) in [6, 6.07) is 15.0. The number of ether oxygens (including phenoxy) is 1. The van der Waals surface area contributed by atoms with Crippen LogP contribution in [0.3, 0.4) is 0 Å². The van der Waals surface area contributed by atoms with Gasteiger partial charge in [0.05, 0.1) is 12.3 Å². The minimum absolute atomic E-state index is 0.609. The number of nitrogens with zero attached hydrogens (tertiary/aromatic N) is 1. The molecule has 0 spiro atoms. The lowest BCUT2D eigenvalue weighted by Gasteiger charge is -2.12. The van der Waals surface area contributed by atoms with E-state index in [9.17, 15) is 0 Å². The standard InChI is InChI=1S/C22H24N2OS/c1-4-17-6-5-7-18(12-17)10-11-25-21-14-19(9-8-15(21)2)13-20-16(3)22(26)24-23-20/h5-9,12,14H,3-4,10-11,13H2,1-2H3,(H,24,26). The highest BCUT2D eigenvalue weighted by Crippen LogP contribution is 2.22. The predicted molar refractivity (Wildman–Crippen MR) is 112 cm³/mol. The average molecular weight is 365 g/mol. The van der Waals surface area contributed by atoms with Crippen LogP contribution in [0.15, 0.2) is 59.7 Å². The van der Waals surface area contributed by atoms with Gasteiger partial charge in [-0.2, -0.15) is 5.10 Å². The minimum Gasteiger partial charge on any atom is -0.493 e. The van der Waals surface area contributed by atoms with E-state index < -0.39 is 0 Å². The van der Waals surface area contributed by atoms with E-state index in [-0.39, 0.29) is 0 Å². The molecule has 26 heavy (non-hydrogen) atoms. The second kappa shape index (κ2) is 8.28. The molecule has 134 valence electrons. The zero-order valence-corrected chi connectivity index (χ0v) is 16.2. The molecule has 1 aliphatic rings. The molecule has 1 heterocycles. The summed E-state index contributed by atoms with van der Waals surface area (Å²) in [6.07, 6.45) is 2.66. The molecule has 0 aliphatic carbocycles. The van der Waals surface area contributed by atoms with Crippen LogP contribution in [0.25, 0.3) is 0 Å². The fourth-order valence-electron chi connectivity index (χ4n) is 2.92. The average Bonchev–Trinajstić information content (AvgIpc) is 2.96. The van der Waals surface area contributed by atoms with Crippen molar-refractivity contribution in [2.75, 3.05) is 6.61 Å². The number of hydrazone groups is 1. The molecule has 0 saturated heterocycles. The van der Waals surface area contributed by atoms with Crippen LogP contribution in [-0.4, -0.2) is 17.3 Å². The van der Waals surface area contributed by atoms with E-state index in [1.807, 2.05) is 0 Å². The third kappa shape index (κ3) is 4.38. The first-order valence-corrected chi connectivity index (χ1v) is 9.34. The Labute approximate surface area is 160 Å². The van der Waals surface area contributed by atoms with Crippen LogP contribution in [0.2, 0.25) is 0 Å². The van der Waals surface area contributed by atoms with Crippen molar-refractivity contribution in [1.29, 1.82) is 0 Å². The molecule has 4 heteroatoms. The zero-order valence-electron chi connectivity index (χ0n) is 15.3. The highest BCUT2D eigenvalue weighted by molar-refractivity contribution is 7.80. The maximum absolute atomic E-state index is 6.06. The zero-order chi connectivity index (χ0) is 18.5. The second-order valence-electron chi connectivity index (χ2n) is 6.53. The van der Waals surface area contributed by atoms with Gasteiger partial charge in [-0.1, -0.05) is 62.1 Å². The molecule has 0 atom stereocenters. The van der Waals surface area contributed by atoms with Crippen molar-refractivity contribution in [3.8, 4) is 5.75 Å². The van der Waals surface area contributed by atoms with E-state index in [1.165, 1.54) is 11.1 Å². The van der Waals surface area contributed by atoms with Crippen LogP contribution >= 0.6 is 12.2 Å². The molecule has 3 nitrogen and oxygen atoms in total. The summed E-state index contributed by atoms with van der Waals surface area (Å²) in [5.41, 5.74) is 9.47. The van der Waals surface area contributed by atoms with Gasteiger partial charge in [0.2, 0.25) is 0 Å². The third-order valence-corrected chi connectivity index (χ3v) is 4.92. The van der Waals surface area contributed by atoms with Gasteiger partial charge in [-0.25, -0.2) is 0 Å². The van der Waals surface area contributed by atoms with Gasteiger partial charge in [0.25, 0.3) is 0 Å². The topological polar surface area (TPSA) is 33.6 Å². The fourth-order valence-corrected chi connectivity index (χ4v) is 3.08. The number of aryl methyl sites for hydroxylation is 2. The largest absolute Gasteiger partial charge is 0.493 e. The summed E-state index contributed by atoms with van der Waals surface area (Å²) >= 11 is 5.15. The molecular weight excluding hydrogens is 340 g/mol. The summed E-state index contributed by atoms with van der Waals surface area (Å²) in [7, 11) is 0. The minimum atomic E-state index is 0.609. The number of hydrogen-bond acceptors (Lipinski definition) is 3. The molecule has 1 aliphatic heterocycles. The van der Waals surface area contributed by atoms with Gasteiger partial charge in [0, 0.05) is 18.4 Å². The first kappa shape index (κ1) is 18.3. The molecule has 1 N–H and O–H groups in total. The molecule has 0 saturated carbocycles. The van der Waals surface area contributed by atoms with Crippen molar-refractivity contribution in [1.82, 2.24) is 5.43 Å². The van der Waals surface area contributed by atoms with Gasteiger partial charge in [-0.15, -0.1) is 0 Å². The van der Waals surface area contributed by atoms with Crippen molar-refractivity contribution < 1.29 is 4.74 Å². The first-order chi connectivity index (χ1) is 12.6. The van der Waals surface area contributed by atoms with E-state index in [1.54, 1.807) is 0 Å². The van der Waals surface area contributed by atoms with Gasteiger partial charge in [-0.3, -0.25) is 5.43 Å². The lowest BCUT2D eigenvalue weighted by molar-refractivity contribution is 0.319. The SMILES string of the molecule is C=C1C(=S)NN=C1Cc1ccc(C)c(OCCc2cccc(CC)c2)c1. The molecule has 0 amide bonds. The van der Waals surface area contributed by atoms with Crippen LogP contribution in [0, 0.1) is 6.92 Å². The van der Waals surface area contributed by atoms with Crippen LogP contribution in [0.5, 0.6) is 5.75 Å². The van der Waals surface area contributed by atoms with E-state index >= 15 is 0 Å². The lowest BCUT2D eigenvalue weighted by atomic mass is 10.0. The Bertz CT molecular complexity index is 870. The van der Waals surface area contributed by atoms with Crippen molar-refractivity contribution in [3.63, 3.8) is 0 Å². The Hall–Kier alpha value is -2.46.